The summed E-state index contributed by atoms with van der Waals surface area (Å²) in [7, 11) is 0. The first kappa shape index (κ1) is 25.8. The molecule has 1 aromatic rings. The van der Waals surface area contributed by atoms with Gasteiger partial charge in [-0.1, -0.05) is 6.92 Å². The summed E-state index contributed by atoms with van der Waals surface area (Å²) >= 11 is 0. The van der Waals surface area contributed by atoms with Gasteiger partial charge in [-0.2, -0.15) is 0 Å². The molecule has 0 saturated carbocycles. The lowest BCUT2D eigenvalue weighted by molar-refractivity contribution is -0.0879. The van der Waals surface area contributed by atoms with Gasteiger partial charge in [0.15, 0.2) is 0 Å². The van der Waals surface area contributed by atoms with Gasteiger partial charge in [0.25, 0.3) is 0 Å². The molecule has 2 rings (SSSR count). The molecular weight excluding hydrogens is 426 g/mol. The number of aromatic nitrogens is 3. The molecule has 0 aromatic carbocycles. The van der Waals surface area contributed by atoms with Gasteiger partial charge in [-0.25, -0.2) is 32.9 Å². The van der Waals surface area contributed by atoms with Crippen molar-refractivity contribution in [1.29, 1.82) is 0 Å². The van der Waals surface area contributed by atoms with Gasteiger partial charge in [0.1, 0.15) is 20.2 Å². The monoisotopic (exact) mass is 459 g/mol. The topological polar surface area (TPSA) is 137 Å². The molecule has 32 heavy (non-hydrogen) atoms. The molecule has 1 N–H and O–H groups in total. The van der Waals surface area contributed by atoms with Crippen molar-refractivity contribution >= 4 is 6.03 Å². The van der Waals surface area contributed by atoms with Crippen molar-refractivity contribution in [3.63, 3.8) is 0 Å². The normalized spacial score (nSPS) is 14.6. The van der Waals surface area contributed by atoms with Gasteiger partial charge in [0.2, 0.25) is 0 Å². The zero-order valence-electron chi connectivity index (χ0n) is 18.9. The Kier molecular flexibility index (Phi) is 10.1. The minimum Gasteiger partial charge on any atom is -0.395 e. The molecule has 0 aliphatic carbocycles. The second-order valence-corrected chi connectivity index (χ2v) is 7.53. The van der Waals surface area contributed by atoms with Crippen LogP contribution in [0.4, 0.5) is 4.79 Å². The number of carbonyl (C=O) groups excluding carboxylic acids is 1. The Morgan fingerprint density at radius 2 is 1.44 bits per heavy atom. The van der Waals surface area contributed by atoms with E-state index in [-0.39, 0.29) is 65.2 Å². The Balaban J connectivity index is 2.09. The fraction of sp³-hybridized carbons (Fsp3) is 0.789. The Morgan fingerprint density at radius 1 is 0.875 bits per heavy atom. The second-order valence-electron chi connectivity index (χ2n) is 7.53. The summed E-state index contributed by atoms with van der Waals surface area (Å²) in [5, 5.41) is 9.21. The highest BCUT2D eigenvalue weighted by Gasteiger charge is 2.25. The first-order valence-electron chi connectivity index (χ1n) is 10.7. The van der Waals surface area contributed by atoms with Gasteiger partial charge >= 0.3 is 23.1 Å². The third-order valence-electron chi connectivity index (χ3n) is 4.71. The average Bonchev–Trinajstić information content (AvgIpc) is 2.75. The molecule has 0 unspecified atom stereocenters. The van der Waals surface area contributed by atoms with Crippen LogP contribution in [-0.4, -0.2) is 87.3 Å². The molecule has 1 aliphatic rings. The van der Waals surface area contributed by atoms with Gasteiger partial charge in [-0.15, -0.1) is 0 Å². The van der Waals surface area contributed by atoms with E-state index in [1.54, 1.807) is 4.90 Å². The zero-order chi connectivity index (χ0) is 23.7. The fourth-order valence-electron chi connectivity index (χ4n) is 3.16. The summed E-state index contributed by atoms with van der Waals surface area (Å²) in [6.07, 6.45) is 0.712. The van der Waals surface area contributed by atoms with E-state index in [9.17, 15) is 24.3 Å². The number of rotatable bonds is 13. The van der Waals surface area contributed by atoms with Crippen LogP contribution in [0.2, 0.25) is 0 Å². The van der Waals surface area contributed by atoms with Crippen LogP contribution in [0.15, 0.2) is 14.4 Å². The Hall–Kier alpha value is -2.48. The number of amides is 2. The number of aliphatic hydroxyl groups excluding tert-OH is 1. The maximum absolute atomic E-state index is 12.8. The van der Waals surface area contributed by atoms with Crippen LogP contribution in [0.25, 0.3) is 0 Å². The Labute approximate surface area is 185 Å². The Morgan fingerprint density at radius 3 is 2.00 bits per heavy atom. The van der Waals surface area contributed by atoms with Crippen molar-refractivity contribution in [1.82, 2.24) is 23.5 Å². The molecule has 13 nitrogen and oxygen atoms in total. The summed E-state index contributed by atoms with van der Waals surface area (Å²) in [4.78, 5) is 53.2. The first-order valence-corrected chi connectivity index (χ1v) is 10.7. The molecule has 182 valence electrons. The lowest BCUT2D eigenvalue weighted by Crippen LogP contribution is -2.55. The molecule has 1 aliphatic heterocycles. The van der Waals surface area contributed by atoms with Crippen LogP contribution >= 0.6 is 0 Å². The van der Waals surface area contributed by atoms with Gasteiger partial charge in [0, 0.05) is 6.54 Å². The highest BCUT2D eigenvalue weighted by molar-refractivity contribution is 5.74. The van der Waals surface area contributed by atoms with Gasteiger partial charge in [-0.05, 0) is 20.3 Å². The van der Waals surface area contributed by atoms with E-state index in [1.807, 2.05) is 20.8 Å². The number of hydrogen-bond acceptors (Lipinski definition) is 8. The summed E-state index contributed by atoms with van der Waals surface area (Å²) in [5.74, 6) is 0. The number of carbonyl (C=O) groups is 1. The highest BCUT2D eigenvalue weighted by Crippen LogP contribution is 2.07. The van der Waals surface area contributed by atoms with Crippen molar-refractivity contribution in [2.45, 2.75) is 52.9 Å². The van der Waals surface area contributed by atoms with Crippen LogP contribution < -0.4 is 17.1 Å². The molecule has 1 fully saturated rings. The molecule has 0 atom stereocenters. The largest absolute Gasteiger partial charge is 0.395 e. The predicted octanol–water partition coefficient (Wildman–Crippen LogP) is -1.36. The lowest BCUT2D eigenvalue weighted by Gasteiger charge is -2.34. The van der Waals surface area contributed by atoms with Crippen molar-refractivity contribution < 1.29 is 24.1 Å². The van der Waals surface area contributed by atoms with Crippen molar-refractivity contribution in [2.75, 3.05) is 46.6 Å². The van der Waals surface area contributed by atoms with Crippen molar-refractivity contribution in [2.24, 2.45) is 0 Å². The highest BCUT2D eigenvalue weighted by atomic mass is 16.5. The molecule has 0 bridgehead atoms. The van der Waals surface area contributed by atoms with Crippen LogP contribution in [-0.2, 0) is 33.8 Å². The number of urea groups is 1. The summed E-state index contributed by atoms with van der Waals surface area (Å²) in [6.45, 7) is 5.65. The third kappa shape index (κ3) is 6.51. The molecule has 1 aromatic heterocycles. The minimum absolute atomic E-state index is 0.0324. The van der Waals surface area contributed by atoms with Gasteiger partial charge < -0.3 is 24.2 Å². The maximum Gasteiger partial charge on any atom is 0.336 e. The summed E-state index contributed by atoms with van der Waals surface area (Å²) in [5.41, 5.74) is -2.41. The van der Waals surface area contributed by atoms with E-state index >= 15 is 0 Å². The van der Waals surface area contributed by atoms with Gasteiger partial charge in [-0.3, -0.25) is 4.90 Å². The molecule has 0 spiro atoms. The zero-order valence-corrected chi connectivity index (χ0v) is 18.9. The van der Waals surface area contributed by atoms with Crippen LogP contribution in [0.1, 0.15) is 27.2 Å². The van der Waals surface area contributed by atoms with Crippen molar-refractivity contribution in [3.05, 3.63) is 31.5 Å². The SMILES string of the molecule is CCCN1COCN(COCCn2c(=O)n(CCO)c(=O)n(CCOC(C)C)c2=O)C1=O. The predicted molar refractivity (Wildman–Crippen MR) is 113 cm³/mol. The summed E-state index contributed by atoms with van der Waals surface area (Å²) in [6, 6.07) is -0.209. The van der Waals surface area contributed by atoms with Crippen LogP contribution in [0.5, 0.6) is 0 Å². The first-order chi connectivity index (χ1) is 15.3. The summed E-state index contributed by atoms with van der Waals surface area (Å²) < 4.78 is 18.9. The smallest absolute Gasteiger partial charge is 0.336 e. The van der Waals surface area contributed by atoms with E-state index in [0.29, 0.717) is 6.54 Å². The quantitative estimate of drug-likeness (QED) is 0.357. The van der Waals surface area contributed by atoms with E-state index in [1.165, 1.54) is 4.90 Å². The fourth-order valence-corrected chi connectivity index (χ4v) is 3.16. The molecule has 13 heteroatoms. The molecule has 1 saturated heterocycles. The molecule has 2 amide bonds. The number of aliphatic hydroxyl groups is 1. The van der Waals surface area contributed by atoms with E-state index in [0.717, 1.165) is 20.1 Å². The molecule has 2 heterocycles. The maximum atomic E-state index is 12.8. The number of ether oxygens (including phenoxy) is 3. The minimum atomic E-state index is -0.829. The van der Waals surface area contributed by atoms with E-state index in [4.69, 9.17) is 14.2 Å². The standard InChI is InChI=1S/C19H33N5O8/c1-4-5-20-12-31-14-21(16(20)26)13-30-10-7-23-17(27)22(6-9-25)18(28)24(19(23)29)8-11-32-15(2)3/h15,25H,4-14H2,1-3H3. The van der Waals surface area contributed by atoms with Crippen molar-refractivity contribution in [3.8, 4) is 0 Å². The van der Waals surface area contributed by atoms with E-state index in [2.05, 4.69) is 0 Å². The van der Waals surface area contributed by atoms with Crippen LogP contribution in [0.3, 0.4) is 0 Å². The number of nitrogens with zero attached hydrogens (tertiary/aromatic N) is 5. The Bertz CT molecular complexity index is 920. The molecular formula is C19H33N5O8. The van der Waals surface area contributed by atoms with Crippen LogP contribution in [0, 0.1) is 0 Å². The number of hydrogen-bond donors (Lipinski definition) is 1. The third-order valence-corrected chi connectivity index (χ3v) is 4.71. The lowest BCUT2D eigenvalue weighted by atomic mass is 10.4. The average molecular weight is 460 g/mol. The van der Waals surface area contributed by atoms with E-state index < -0.39 is 23.7 Å². The second kappa shape index (κ2) is 12.5. The van der Waals surface area contributed by atoms with Gasteiger partial charge in [0.05, 0.1) is 45.6 Å². The molecule has 0 radical (unpaired) electrons.